The highest BCUT2D eigenvalue weighted by Crippen LogP contribution is 2.19. The third-order valence-electron chi connectivity index (χ3n) is 2.29. The first-order chi connectivity index (χ1) is 8.10. The molecule has 0 aliphatic rings. The van der Waals surface area contributed by atoms with E-state index in [1.54, 1.807) is 25.1 Å². The van der Waals surface area contributed by atoms with Gasteiger partial charge in [-0.25, -0.2) is 4.98 Å². The number of nitrogens with two attached hydrogens (primary N) is 1. The van der Waals surface area contributed by atoms with Crippen molar-refractivity contribution in [1.29, 1.82) is 0 Å². The Labute approximate surface area is 97.4 Å². The van der Waals surface area contributed by atoms with Gasteiger partial charge in [-0.3, -0.25) is 4.79 Å². The first-order valence-electron chi connectivity index (χ1n) is 5.16. The van der Waals surface area contributed by atoms with Crippen molar-refractivity contribution in [1.82, 2.24) is 4.98 Å². The van der Waals surface area contributed by atoms with E-state index in [4.69, 9.17) is 10.2 Å². The highest BCUT2D eigenvalue weighted by molar-refractivity contribution is 5.95. The van der Waals surface area contributed by atoms with Crippen molar-refractivity contribution in [3.8, 4) is 0 Å². The maximum Gasteiger partial charge on any atom is 0.254 e. The molecule has 0 fully saturated rings. The molecule has 0 bridgehead atoms. The Morgan fingerprint density at radius 1 is 1.65 bits per heavy atom. The molecule has 0 aliphatic heterocycles. The number of aryl methyl sites for hydroxylation is 1. The molecule has 0 spiro atoms. The molecular weight excluding hydrogens is 222 g/mol. The zero-order valence-corrected chi connectivity index (χ0v) is 9.30. The molecule has 1 aromatic carbocycles. The molecule has 1 heterocycles. The van der Waals surface area contributed by atoms with E-state index in [1.165, 1.54) is 0 Å². The fraction of sp³-hybridized carbons (Fsp3) is 0.273. The van der Waals surface area contributed by atoms with Crippen LogP contribution >= 0.6 is 0 Å². The minimum atomic E-state index is -1.20. The van der Waals surface area contributed by atoms with Gasteiger partial charge in [-0.1, -0.05) is 0 Å². The summed E-state index contributed by atoms with van der Waals surface area (Å²) in [6, 6.07) is 5.06. The largest absolute Gasteiger partial charge is 0.441 e. The summed E-state index contributed by atoms with van der Waals surface area (Å²) in [6.07, 6.45) is -1.20. The Bertz CT molecular complexity index is 550. The zero-order chi connectivity index (χ0) is 12.4. The van der Waals surface area contributed by atoms with Crippen molar-refractivity contribution >= 4 is 22.7 Å². The van der Waals surface area contributed by atoms with E-state index >= 15 is 0 Å². The second-order valence-electron chi connectivity index (χ2n) is 3.66. The maximum absolute atomic E-state index is 11.4. The number of oxazole rings is 1. The van der Waals surface area contributed by atoms with Gasteiger partial charge in [0.15, 0.2) is 11.5 Å². The van der Waals surface area contributed by atoms with Crippen molar-refractivity contribution in [2.75, 3.05) is 11.9 Å². The summed E-state index contributed by atoms with van der Waals surface area (Å²) >= 11 is 0. The normalized spacial score (nSPS) is 12.6. The fourth-order valence-corrected chi connectivity index (χ4v) is 1.45. The van der Waals surface area contributed by atoms with Crippen molar-refractivity contribution in [3.05, 3.63) is 24.1 Å². The predicted molar refractivity (Wildman–Crippen MR) is 62.4 cm³/mol. The van der Waals surface area contributed by atoms with E-state index in [9.17, 15) is 9.90 Å². The fourth-order valence-electron chi connectivity index (χ4n) is 1.45. The van der Waals surface area contributed by atoms with E-state index in [1.807, 2.05) is 0 Å². The molecule has 2 rings (SSSR count). The van der Waals surface area contributed by atoms with Crippen molar-refractivity contribution in [2.24, 2.45) is 5.73 Å². The molecule has 1 atom stereocenters. The quantitative estimate of drug-likeness (QED) is 0.714. The highest BCUT2D eigenvalue weighted by Gasteiger charge is 2.13. The molecule has 4 N–H and O–H groups in total. The number of aliphatic hydroxyl groups is 1. The third kappa shape index (κ3) is 2.43. The lowest BCUT2D eigenvalue weighted by atomic mass is 10.2. The molecule has 6 heteroatoms. The van der Waals surface area contributed by atoms with E-state index in [-0.39, 0.29) is 6.54 Å². The van der Waals surface area contributed by atoms with Crippen LogP contribution in [0.1, 0.15) is 5.89 Å². The SMILES string of the molecule is Cc1nc2cc(NC(=O)C(O)CN)ccc2o1. The van der Waals surface area contributed by atoms with Crippen LogP contribution in [0.3, 0.4) is 0 Å². The Hall–Kier alpha value is -1.92. The van der Waals surface area contributed by atoms with Gasteiger partial charge in [0.2, 0.25) is 0 Å². The average Bonchev–Trinajstić information content (AvgIpc) is 2.67. The number of nitrogens with one attached hydrogen (secondary N) is 1. The van der Waals surface area contributed by atoms with Gasteiger partial charge >= 0.3 is 0 Å². The Morgan fingerprint density at radius 3 is 3.12 bits per heavy atom. The van der Waals surface area contributed by atoms with Crippen LogP contribution in [0.5, 0.6) is 0 Å². The van der Waals surface area contributed by atoms with Crippen LogP contribution < -0.4 is 11.1 Å². The van der Waals surface area contributed by atoms with Crippen LogP contribution in [0, 0.1) is 6.92 Å². The molecule has 0 radical (unpaired) electrons. The number of carbonyl (C=O) groups is 1. The summed E-state index contributed by atoms with van der Waals surface area (Å²) in [5.41, 5.74) is 7.03. The number of fused-ring (bicyclic) bond motifs is 1. The first-order valence-corrected chi connectivity index (χ1v) is 5.16. The van der Waals surface area contributed by atoms with Crippen molar-refractivity contribution in [2.45, 2.75) is 13.0 Å². The van der Waals surface area contributed by atoms with Crippen LogP contribution in [-0.2, 0) is 4.79 Å². The molecule has 1 amide bonds. The second kappa shape index (κ2) is 4.52. The Morgan fingerprint density at radius 2 is 2.41 bits per heavy atom. The summed E-state index contributed by atoms with van der Waals surface area (Å²) in [6.45, 7) is 1.63. The monoisotopic (exact) mass is 235 g/mol. The Kier molecular flexibility index (Phi) is 3.08. The van der Waals surface area contributed by atoms with E-state index in [0.29, 0.717) is 22.7 Å². The van der Waals surface area contributed by atoms with E-state index in [0.717, 1.165) is 0 Å². The van der Waals surface area contributed by atoms with Gasteiger partial charge < -0.3 is 20.6 Å². The molecule has 6 nitrogen and oxygen atoms in total. The third-order valence-corrected chi connectivity index (χ3v) is 2.29. The van der Waals surface area contributed by atoms with Gasteiger partial charge in [0, 0.05) is 19.2 Å². The maximum atomic E-state index is 11.4. The lowest BCUT2D eigenvalue weighted by Crippen LogP contribution is -2.34. The van der Waals surface area contributed by atoms with Crippen LogP contribution in [0.2, 0.25) is 0 Å². The molecule has 90 valence electrons. The zero-order valence-electron chi connectivity index (χ0n) is 9.30. The molecule has 0 saturated carbocycles. The van der Waals surface area contributed by atoms with Gasteiger partial charge in [0.25, 0.3) is 5.91 Å². The number of aliphatic hydroxyl groups excluding tert-OH is 1. The van der Waals surface area contributed by atoms with Crippen molar-refractivity contribution in [3.63, 3.8) is 0 Å². The molecule has 1 aromatic heterocycles. The number of amides is 1. The summed E-state index contributed by atoms with van der Waals surface area (Å²) in [7, 11) is 0. The number of aromatic nitrogens is 1. The van der Waals surface area contributed by atoms with Crippen LogP contribution in [0.15, 0.2) is 22.6 Å². The number of nitrogens with zero attached hydrogens (tertiary/aromatic N) is 1. The lowest BCUT2D eigenvalue weighted by Gasteiger charge is -2.08. The molecule has 17 heavy (non-hydrogen) atoms. The van der Waals surface area contributed by atoms with Gasteiger partial charge in [0.05, 0.1) is 0 Å². The molecule has 1 unspecified atom stereocenters. The second-order valence-corrected chi connectivity index (χ2v) is 3.66. The number of hydrogen-bond donors (Lipinski definition) is 3. The minimum absolute atomic E-state index is 0.114. The van der Waals surface area contributed by atoms with Crippen molar-refractivity contribution < 1.29 is 14.3 Å². The summed E-state index contributed by atoms with van der Waals surface area (Å²) < 4.78 is 5.30. The number of hydrogen-bond acceptors (Lipinski definition) is 5. The molecule has 0 saturated heterocycles. The topological polar surface area (TPSA) is 101 Å². The molecular formula is C11H13N3O3. The summed E-state index contributed by atoms with van der Waals surface area (Å²) in [5.74, 6) is 0.0255. The minimum Gasteiger partial charge on any atom is -0.441 e. The van der Waals surface area contributed by atoms with Gasteiger partial charge in [-0.05, 0) is 18.2 Å². The van der Waals surface area contributed by atoms with Crippen LogP contribution in [0.4, 0.5) is 5.69 Å². The van der Waals surface area contributed by atoms with Crippen LogP contribution in [0.25, 0.3) is 11.1 Å². The standard InChI is InChI=1S/C11H13N3O3/c1-6-13-8-4-7(2-3-10(8)17-6)14-11(16)9(15)5-12/h2-4,9,15H,5,12H2,1H3,(H,14,16). The van der Waals surface area contributed by atoms with Gasteiger partial charge in [-0.15, -0.1) is 0 Å². The summed E-state index contributed by atoms with van der Waals surface area (Å²) in [5, 5.41) is 11.8. The number of benzene rings is 1. The smallest absolute Gasteiger partial charge is 0.254 e. The van der Waals surface area contributed by atoms with Gasteiger partial charge in [0.1, 0.15) is 11.6 Å². The van der Waals surface area contributed by atoms with Gasteiger partial charge in [-0.2, -0.15) is 0 Å². The molecule has 2 aromatic rings. The predicted octanol–water partition coefficient (Wildman–Crippen LogP) is 0.394. The number of rotatable bonds is 3. The molecule has 0 aliphatic carbocycles. The first kappa shape index (κ1) is 11.6. The number of anilines is 1. The van der Waals surface area contributed by atoms with Crippen LogP contribution in [-0.4, -0.2) is 28.6 Å². The van der Waals surface area contributed by atoms with E-state index in [2.05, 4.69) is 10.3 Å². The highest BCUT2D eigenvalue weighted by atomic mass is 16.3. The summed E-state index contributed by atoms with van der Waals surface area (Å²) in [4.78, 5) is 15.5. The van der Waals surface area contributed by atoms with E-state index < -0.39 is 12.0 Å². The lowest BCUT2D eigenvalue weighted by molar-refractivity contribution is -0.123. The number of carbonyl (C=O) groups excluding carboxylic acids is 1. The Balaban J connectivity index is 2.22. The average molecular weight is 235 g/mol.